The molecule has 1 aromatic rings. The molecule has 0 spiro atoms. The van der Waals surface area contributed by atoms with Gasteiger partial charge in [-0.3, -0.25) is 14.4 Å². The van der Waals surface area contributed by atoms with Gasteiger partial charge >= 0.3 is 0 Å². The highest BCUT2D eigenvalue weighted by molar-refractivity contribution is 5.95. The van der Waals surface area contributed by atoms with Crippen molar-refractivity contribution in [1.29, 1.82) is 0 Å². The number of carbonyl (C=O) groups excluding carboxylic acids is 2. The number of nitrogens with one attached hydrogen (secondary N) is 1. The number of ketones is 1. The molecular formula is C37H53NO4. The van der Waals surface area contributed by atoms with Gasteiger partial charge in [-0.05, 0) is 108 Å². The van der Waals surface area contributed by atoms with E-state index in [1.165, 1.54) is 5.57 Å². The number of aliphatic hydroxyl groups is 1. The highest BCUT2D eigenvalue weighted by Crippen LogP contribution is 2.75. The molecule has 4 saturated carbocycles. The summed E-state index contributed by atoms with van der Waals surface area (Å²) in [5.74, 6) is 0.762. The fourth-order valence-corrected chi connectivity index (χ4v) is 11.3. The van der Waals surface area contributed by atoms with Crippen LogP contribution < -0.4 is 5.48 Å². The lowest BCUT2D eigenvalue weighted by Gasteiger charge is -2.70. The van der Waals surface area contributed by atoms with Crippen molar-refractivity contribution in [2.75, 3.05) is 0 Å². The van der Waals surface area contributed by atoms with Gasteiger partial charge in [0.2, 0.25) is 5.91 Å². The van der Waals surface area contributed by atoms with Crippen molar-refractivity contribution in [3.63, 3.8) is 0 Å². The first-order valence-corrected chi connectivity index (χ1v) is 16.5. The zero-order valence-electron chi connectivity index (χ0n) is 27.0. The number of hydrogen-bond acceptors (Lipinski definition) is 4. The average molecular weight is 576 g/mol. The molecule has 5 aliphatic carbocycles. The van der Waals surface area contributed by atoms with Crippen molar-refractivity contribution in [2.45, 2.75) is 119 Å². The van der Waals surface area contributed by atoms with E-state index in [9.17, 15) is 14.7 Å². The van der Waals surface area contributed by atoms with Crippen molar-refractivity contribution >= 4 is 11.7 Å². The van der Waals surface area contributed by atoms with Crippen molar-refractivity contribution in [3.05, 3.63) is 47.5 Å². The minimum Gasteiger partial charge on any atom is -0.393 e. The summed E-state index contributed by atoms with van der Waals surface area (Å²) < 4.78 is 0. The quantitative estimate of drug-likeness (QED) is 0.363. The molecule has 1 aromatic carbocycles. The number of hydroxylamine groups is 1. The summed E-state index contributed by atoms with van der Waals surface area (Å²) in [6.45, 7) is 16.5. The van der Waals surface area contributed by atoms with Gasteiger partial charge in [-0.2, -0.15) is 0 Å². The number of hydrogen-bond donors (Lipinski definition) is 2. The Kier molecular flexibility index (Phi) is 6.99. The van der Waals surface area contributed by atoms with Gasteiger partial charge < -0.3 is 5.11 Å². The maximum Gasteiger partial charge on any atom is 0.249 e. The van der Waals surface area contributed by atoms with Crippen LogP contribution in [0.25, 0.3) is 0 Å². The first kappa shape index (κ1) is 30.1. The van der Waals surface area contributed by atoms with Crippen LogP contribution in [0, 0.1) is 50.2 Å². The molecule has 2 N–H and O–H groups in total. The molecule has 5 heteroatoms. The molecule has 6 rings (SSSR count). The highest BCUT2D eigenvalue weighted by atomic mass is 16.6. The second-order valence-corrected chi connectivity index (χ2v) is 16.8. The molecule has 9 atom stereocenters. The Labute approximate surface area is 253 Å². The molecule has 0 aromatic heterocycles. The van der Waals surface area contributed by atoms with Crippen LogP contribution in [0.5, 0.6) is 0 Å². The standard InChI is InChI=1S/C37H53NO4/c1-32(2)28-13-16-37(7)30(35(28,5)15-14-29(32)40)27(39)21-25-26-22-34(4,18-17-33(26,3)19-20-36(25,37)6)31(41)38-42-23-24-11-9-8-10-12-24/h8-12,21,26,28-30,40H,13-20,22-23H2,1-7H3,(H,38,41). The maximum atomic E-state index is 14.5. The Balaban J connectivity index is 1.30. The van der Waals surface area contributed by atoms with Gasteiger partial charge in [0, 0.05) is 11.3 Å². The van der Waals surface area contributed by atoms with Crippen LogP contribution >= 0.6 is 0 Å². The second-order valence-electron chi connectivity index (χ2n) is 16.8. The summed E-state index contributed by atoms with van der Waals surface area (Å²) in [5, 5.41) is 11.0. The lowest BCUT2D eigenvalue weighted by molar-refractivity contribution is -0.202. The Morgan fingerprint density at radius 3 is 2.33 bits per heavy atom. The second kappa shape index (κ2) is 9.76. The number of carbonyl (C=O) groups is 2. The molecule has 5 nitrogen and oxygen atoms in total. The Hall–Kier alpha value is -1.98. The molecule has 1 amide bonds. The molecule has 230 valence electrons. The van der Waals surface area contributed by atoms with E-state index >= 15 is 0 Å². The van der Waals surface area contributed by atoms with Crippen molar-refractivity contribution in [2.24, 2.45) is 50.2 Å². The van der Waals surface area contributed by atoms with E-state index in [2.05, 4.69) is 60.0 Å². The average Bonchev–Trinajstić information content (AvgIpc) is 2.93. The summed E-state index contributed by atoms with van der Waals surface area (Å²) in [6.07, 6.45) is 10.3. The molecule has 9 unspecified atom stereocenters. The third-order valence-corrected chi connectivity index (χ3v) is 14.3. The van der Waals surface area contributed by atoms with Crippen LogP contribution in [0.2, 0.25) is 0 Å². The predicted molar refractivity (Wildman–Crippen MR) is 165 cm³/mol. The summed E-state index contributed by atoms with van der Waals surface area (Å²) in [7, 11) is 0. The molecule has 0 radical (unpaired) electrons. The van der Waals surface area contributed by atoms with E-state index in [1.807, 2.05) is 30.3 Å². The van der Waals surface area contributed by atoms with Crippen LogP contribution in [0.3, 0.4) is 0 Å². The minimum absolute atomic E-state index is 0.0294. The summed E-state index contributed by atoms with van der Waals surface area (Å²) >= 11 is 0. The molecule has 0 bridgehead atoms. The van der Waals surface area contributed by atoms with Crippen molar-refractivity contribution in [3.8, 4) is 0 Å². The van der Waals surface area contributed by atoms with E-state index in [-0.39, 0.29) is 50.9 Å². The summed E-state index contributed by atoms with van der Waals surface area (Å²) in [6, 6.07) is 9.90. The van der Waals surface area contributed by atoms with Gasteiger partial charge in [0.15, 0.2) is 5.78 Å². The topological polar surface area (TPSA) is 75.6 Å². The van der Waals surface area contributed by atoms with Gasteiger partial charge in [-0.25, -0.2) is 5.48 Å². The van der Waals surface area contributed by atoms with E-state index in [0.29, 0.717) is 18.3 Å². The number of allylic oxidation sites excluding steroid dienone is 2. The Morgan fingerprint density at radius 2 is 1.62 bits per heavy atom. The minimum atomic E-state index is -0.548. The zero-order valence-corrected chi connectivity index (χ0v) is 27.0. The summed E-state index contributed by atoms with van der Waals surface area (Å²) in [5.41, 5.74) is 4.17. The lowest BCUT2D eigenvalue weighted by Crippen LogP contribution is -2.66. The van der Waals surface area contributed by atoms with Crippen LogP contribution in [-0.2, 0) is 21.0 Å². The monoisotopic (exact) mass is 575 g/mol. The van der Waals surface area contributed by atoms with Gasteiger partial charge in [-0.15, -0.1) is 0 Å². The number of benzene rings is 1. The number of aliphatic hydroxyl groups excluding tert-OH is 1. The Bertz CT molecular complexity index is 1290. The fraction of sp³-hybridized carbons (Fsp3) is 0.730. The highest BCUT2D eigenvalue weighted by Gasteiger charge is 2.70. The smallest absolute Gasteiger partial charge is 0.249 e. The van der Waals surface area contributed by atoms with E-state index < -0.39 is 5.41 Å². The summed E-state index contributed by atoms with van der Waals surface area (Å²) in [4.78, 5) is 33.8. The van der Waals surface area contributed by atoms with Gasteiger partial charge in [0.25, 0.3) is 0 Å². The molecule has 4 fully saturated rings. The predicted octanol–water partition coefficient (Wildman–Crippen LogP) is 7.58. The lowest BCUT2D eigenvalue weighted by atomic mass is 9.33. The van der Waals surface area contributed by atoms with Gasteiger partial charge in [-0.1, -0.05) is 84.4 Å². The largest absolute Gasteiger partial charge is 0.393 e. The van der Waals surface area contributed by atoms with Crippen molar-refractivity contribution < 1.29 is 19.5 Å². The molecule has 5 aliphatic rings. The first-order valence-electron chi connectivity index (χ1n) is 16.5. The van der Waals surface area contributed by atoms with Crippen LogP contribution in [0.1, 0.15) is 112 Å². The number of fused-ring (bicyclic) bond motifs is 7. The van der Waals surface area contributed by atoms with Crippen molar-refractivity contribution in [1.82, 2.24) is 5.48 Å². The normalized spacial score (nSPS) is 45.9. The van der Waals surface area contributed by atoms with Crippen LogP contribution in [-0.4, -0.2) is 22.9 Å². The number of amides is 1. The first-order chi connectivity index (χ1) is 19.6. The SMILES string of the molecule is CC1(C(=O)NOCc2ccccc2)CCC2(C)CCC3(C)C(=CC(=O)C4C5(C)CCC(O)C(C)(C)C5CCC43C)C2C1. The van der Waals surface area contributed by atoms with E-state index in [4.69, 9.17) is 4.84 Å². The van der Waals surface area contributed by atoms with Gasteiger partial charge in [0.1, 0.15) is 0 Å². The van der Waals surface area contributed by atoms with Crippen LogP contribution in [0.15, 0.2) is 42.0 Å². The molecule has 42 heavy (non-hydrogen) atoms. The third kappa shape index (κ3) is 4.15. The van der Waals surface area contributed by atoms with E-state index in [1.54, 1.807) is 0 Å². The number of rotatable bonds is 4. The zero-order chi connectivity index (χ0) is 30.3. The molecular weight excluding hydrogens is 522 g/mol. The van der Waals surface area contributed by atoms with Gasteiger partial charge in [0.05, 0.1) is 12.7 Å². The fourth-order valence-electron chi connectivity index (χ4n) is 11.3. The Morgan fingerprint density at radius 1 is 0.929 bits per heavy atom. The van der Waals surface area contributed by atoms with Crippen LogP contribution in [0.4, 0.5) is 0 Å². The molecule has 0 heterocycles. The maximum absolute atomic E-state index is 14.5. The third-order valence-electron chi connectivity index (χ3n) is 14.3. The van der Waals surface area contributed by atoms with E-state index in [0.717, 1.165) is 63.4 Å². The molecule has 0 saturated heterocycles. The molecule has 0 aliphatic heterocycles.